The molecule has 1 heterocycles. The zero-order chi connectivity index (χ0) is 11.9. The van der Waals surface area contributed by atoms with Gasteiger partial charge in [0.15, 0.2) is 0 Å². The van der Waals surface area contributed by atoms with Crippen molar-refractivity contribution in [3.63, 3.8) is 0 Å². The van der Waals surface area contributed by atoms with E-state index in [-0.39, 0.29) is 11.9 Å². The molecule has 0 bridgehead atoms. The summed E-state index contributed by atoms with van der Waals surface area (Å²) in [5.74, 6) is -0.138. The molecular formula is C10H20N3O2+. The third-order valence-electron chi connectivity index (χ3n) is 2.75. The lowest BCUT2D eigenvalue weighted by Crippen LogP contribution is -2.48. The highest BCUT2D eigenvalue weighted by molar-refractivity contribution is 6.06. The summed E-state index contributed by atoms with van der Waals surface area (Å²) in [6, 6.07) is -0.302. The molecule has 1 aliphatic rings. The molecule has 0 aromatic heterocycles. The second kappa shape index (κ2) is 3.48. The molecule has 0 aliphatic carbocycles. The van der Waals surface area contributed by atoms with E-state index in [2.05, 4.69) is 26.5 Å². The van der Waals surface area contributed by atoms with E-state index in [0.29, 0.717) is 6.42 Å². The van der Waals surface area contributed by atoms with Crippen LogP contribution in [0.4, 0.5) is 4.79 Å². The molecule has 3 amide bonds. The predicted molar refractivity (Wildman–Crippen MR) is 57.2 cm³/mol. The van der Waals surface area contributed by atoms with Gasteiger partial charge in [-0.05, 0) is 6.92 Å². The van der Waals surface area contributed by atoms with Gasteiger partial charge < -0.3 is 9.80 Å². The van der Waals surface area contributed by atoms with Crippen molar-refractivity contribution in [1.29, 1.82) is 0 Å². The Morgan fingerprint density at radius 3 is 2.20 bits per heavy atom. The molecule has 1 N–H and O–H groups in total. The lowest BCUT2D eigenvalue weighted by molar-refractivity contribution is -0.870. The number of hydrogen-bond donors (Lipinski definition) is 1. The highest BCUT2D eigenvalue weighted by Gasteiger charge is 2.46. The van der Waals surface area contributed by atoms with Gasteiger partial charge in [0.1, 0.15) is 5.54 Å². The van der Waals surface area contributed by atoms with Crippen molar-refractivity contribution in [3.8, 4) is 0 Å². The number of imide groups is 1. The maximum Gasteiger partial charge on any atom is 0.324 e. The van der Waals surface area contributed by atoms with E-state index in [1.807, 2.05) is 0 Å². The zero-order valence-corrected chi connectivity index (χ0v) is 10.1. The van der Waals surface area contributed by atoms with Gasteiger partial charge in [-0.1, -0.05) is 0 Å². The van der Waals surface area contributed by atoms with Crippen molar-refractivity contribution in [2.24, 2.45) is 0 Å². The molecule has 1 rings (SSSR count). The number of carbonyl (C=O) groups is 2. The van der Waals surface area contributed by atoms with Crippen LogP contribution in [0.2, 0.25) is 0 Å². The molecule has 5 nitrogen and oxygen atoms in total. The number of quaternary nitrogens is 1. The molecular weight excluding hydrogens is 194 g/mol. The summed E-state index contributed by atoms with van der Waals surface area (Å²) in [5, 5.41) is 2.73. The van der Waals surface area contributed by atoms with Crippen molar-refractivity contribution >= 4 is 11.9 Å². The molecule has 86 valence electrons. The molecule has 0 saturated carbocycles. The second-order valence-corrected chi connectivity index (χ2v) is 5.39. The summed E-state index contributed by atoms with van der Waals surface area (Å²) in [4.78, 5) is 24.3. The zero-order valence-electron chi connectivity index (χ0n) is 10.1. The standard InChI is InChI=1S/C10H19N3O2/c1-10(6-7-13(3,4)5)8(14)12(2)9(15)11-10/h6-7H2,1-5H3/p+1/t10-/m1/s1. The van der Waals surface area contributed by atoms with Gasteiger partial charge >= 0.3 is 6.03 Å². The first kappa shape index (κ1) is 12.0. The number of hydrogen-bond acceptors (Lipinski definition) is 2. The fourth-order valence-electron chi connectivity index (χ4n) is 1.56. The number of rotatable bonds is 3. The van der Waals surface area contributed by atoms with E-state index in [1.54, 1.807) is 6.92 Å². The molecule has 1 aliphatic heterocycles. The smallest absolute Gasteiger partial charge is 0.324 e. The van der Waals surface area contributed by atoms with Crippen LogP contribution < -0.4 is 5.32 Å². The monoisotopic (exact) mass is 214 g/mol. The summed E-state index contributed by atoms with van der Waals surface area (Å²) < 4.78 is 0.780. The highest BCUT2D eigenvalue weighted by atomic mass is 16.2. The Bertz CT molecular complexity index is 296. The average molecular weight is 214 g/mol. The van der Waals surface area contributed by atoms with Crippen molar-refractivity contribution in [1.82, 2.24) is 10.2 Å². The van der Waals surface area contributed by atoms with Crippen LogP contribution in [0.15, 0.2) is 0 Å². The number of nitrogens with one attached hydrogen (secondary N) is 1. The predicted octanol–water partition coefficient (Wildman–Crippen LogP) is 0.0230. The van der Waals surface area contributed by atoms with E-state index in [9.17, 15) is 9.59 Å². The molecule has 15 heavy (non-hydrogen) atoms. The van der Waals surface area contributed by atoms with Crippen LogP contribution in [0.5, 0.6) is 0 Å². The van der Waals surface area contributed by atoms with E-state index in [4.69, 9.17) is 0 Å². The second-order valence-electron chi connectivity index (χ2n) is 5.39. The van der Waals surface area contributed by atoms with Gasteiger partial charge in [-0.2, -0.15) is 0 Å². The lowest BCUT2D eigenvalue weighted by Gasteiger charge is -2.28. The molecule has 1 fully saturated rings. The highest BCUT2D eigenvalue weighted by Crippen LogP contribution is 2.20. The fraction of sp³-hybridized carbons (Fsp3) is 0.800. The van der Waals surface area contributed by atoms with Gasteiger partial charge in [0, 0.05) is 13.5 Å². The van der Waals surface area contributed by atoms with E-state index in [1.165, 1.54) is 7.05 Å². The number of carbonyl (C=O) groups excluding carboxylic acids is 2. The van der Waals surface area contributed by atoms with Gasteiger partial charge in [-0.15, -0.1) is 0 Å². The van der Waals surface area contributed by atoms with Crippen LogP contribution in [-0.2, 0) is 4.79 Å². The third kappa shape index (κ3) is 2.47. The largest absolute Gasteiger partial charge is 0.331 e. The van der Waals surface area contributed by atoms with Crippen molar-refractivity contribution in [2.75, 3.05) is 34.7 Å². The normalized spacial score (nSPS) is 27.1. The Hall–Kier alpha value is -1.10. The van der Waals surface area contributed by atoms with Gasteiger partial charge in [0.2, 0.25) is 0 Å². The van der Waals surface area contributed by atoms with Crippen LogP contribution in [-0.4, -0.2) is 61.6 Å². The van der Waals surface area contributed by atoms with Crippen LogP contribution >= 0.6 is 0 Å². The topological polar surface area (TPSA) is 49.4 Å². The fourth-order valence-corrected chi connectivity index (χ4v) is 1.56. The Balaban J connectivity index is 2.69. The first-order chi connectivity index (χ1) is 6.66. The minimum absolute atomic E-state index is 0.138. The summed E-state index contributed by atoms with van der Waals surface area (Å²) in [6.45, 7) is 2.63. The van der Waals surface area contributed by atoms with Crippen LogP contribution in [0, 0.1) is 0 Å². The van der Waals surface area contributed by atoms with Crippen LogP contribution in [0.3, 0.4) is 0 Å². The quantitative estimate of drug-likeness (QED) is 0.532. The van der Waals surface area contributed by atoms with Gasteiger partial charge in [0.05, 0.1) is 27.7 Å². The van der Waals surface area contributed by atoms with Crippen molar-refractivity contribution < 1.29 is 14.1 Å². The summed E-state index contributed by atoms with van der Waals surface area (Å²) in [6.07, 6.45) is 0.658. The molecule has 1 atom stereocenters. The van der Waals surface area contributed by atoms with Gasteiger partial charge in [-0.25, -0.2) is 4.79 Å². The minimum Gasteiger partial charge on any atom is -0.331 e. The molecule has 5 heteroatoms. The SMILES string of the molecule is CN1C(=O)N[C@](C)(CC[N+](C)(C)C)C1=O. The maximum absolute atomic E-state index is 11.8. The first-order valence-electron chi connectivity index (χ1n) is 5.06. The number of urea groups is 1. The minimum atomic E-state index is -0.725. The van der Waals surface area contributed by atoms with E-state index < -0.39 is 5.54 Å². The van der Waals surface area contributed by atoms with Gasteiger partial charge in [0.25, 0.3) is 5.91 Å². The van der Waals surface area contributed by atoms with E-state index >= 15 is 0 Å². The van der Waals surface area contributed by atoms with Gasteiger partial charge in [-0.3, -0.25) is 9.69 Å². The lowest BCUT2D eigenvalue weighted by atomic mass is 9.97. The molecule has 0 unspecified atom stereocenters. The summed E-state index contributed by atoms with van der Waals surface area (Å²) >= 11 is 0. The first-order valence-corrected chi connectivity index (χ1v) is 5.06. The molecule has 1 saturated heterocycles. The number of amides is 3. The Kier molecular flexibility index (Phi) is 2.78. The Labute approximate surface area is 90.6 Å². The molecule has 0 aromatic carbocycles. The Morgan fingerprint density at radius 1 is 1.33 bits per heavy atom. The Morgan fingerprint density at radius 2 is 1.87 bits per heavy atom. The summed E-state index contributed by atoms with van der Waals surface area (Å²) in [7, 11) is 7.70. The molecule has 0 spiro atoms. The third-order valence-corrected chi connectivity index (χ3v) is 2.75. The number of nitrogens with zero attached hydrogens (tertiary/aromatic N) is 2. The summed E-state index contributed by atoms with van der Waals surface area (Å²) in [5.41, 5.74) is -0.725. The van der Waals surface area contributed by atoms with Crippen LogP contribution in [0.1, 0.15) is 13.3 Å². The maximum atomic E-state index is 11.8. The molecule has 0 radical (unpaired) electrons. The van der Waals surface area contributed by atoms with E-state index in [0.717, 1.165) is 15.9 Å². The van der Waals surface area contributed by atoms with Crippen molar-refractivity contribution in [2.45, 2.75) is 18.9 Å². The van der Waals surface area contributed by atoms with Crippen LogP contribution in [0.25, 0.3) is 0 Å². The van der Waals surface area contributed by atoms with Crippen molar-refractivity contribution in [3.05, 3.63) is 0 Å². The molecule has 0 aromatic rings. The number of likely N-dealkylation sites (N-methyl/N-ethyl adjacent to an activating group) is 1. The average Bonchev–Trinajstić information content (AvgIpc) is 2.27.